The summed E-state index contributed by atoms with van der Waals surface area (Å²) in [6.45, 7) is 1.80. The van der Waals surface area contributed by atoms with Crippen molar-refractivity contribution < 1.29 is 8.42 Å². The molecule has 1 aliphatic heterocycles. The number of terminal acetylenes is 1. The summed E-state index contributed by atoms with van der Waals surface area (Å²) in [5, 5.41) is 3.18. The summed E-state index contributed by atoms with van der Waals surface area (Å²) in [5.41, 5.74) is 2.21. The SMILES string of the molecule is C#CCCNS(=O)(=O)c1ccc2c(c1)CNC2. The van der Waals surface area contributed by atoms with Crippen LogP contribution in [0.3, 0.4) is 0 Å². The number of sulfonamides is 1. The van der Waals surface area contributed by atoms with E-state index in [-0.39, 0.29) is 6.54 Å². The van der Waals surface area contributed by atoms with Crippen molar-refractivity contribution in [3.8, 4) is 12.3 Å². The molecule has 5 heteroatoms. The molecule has 0 radical (unpaired) electrons. The molecular weight excluding hydrogens is 236 g/mol. The summed E-state index contributed by atoms with van der Waals surface area (Å²) in [6, 6.07) is 5.20. The van der Waals surface area contributed by atoms with Gasteiger partial charge in [-0.25, -0.2) is 13.1 Å². The van der Waals surface area contributed by atoms with E-state index in [4.69, 9.17) is 6.42 Å². The lowest BCUT2D eigenvalue weighted by Gasteiger charge is -2.06. The molecule has 1 aromatic carbocycles. The van der Waals surface area contributed by atoms with Gasteiger partial charge in [0, 0.05) is 26.1 Å². The van der Waals surface area contributed by atoms with Crippen LogP contribution in [0.4, 0.5) is 0 Å². The van der Waals surface area contributed by atoms with Crippen LogP contribution in [0, 0.1) is 12.3 Å². The van der Waals surface area contributed by atoms with Gasteiger partial charge in [0.2, 0.25) is 10.0 Å². The highest BCUT2D eigenvalue weighted by Gasteiger charge is 2.17. The van der Waals surface area contributed by atoms with Crippen LogP contribution in [-0.2, 0) is 23.1 Å². The molecule has 0 spiro atoms. The van der Waals surface area contributed by atoms with Gasteiger partial charge in [0.25, 0.3) is 0 Å². The van der Waals surface area contributed by atoms with Crippen molar-refractivity contribution in [2.24, 2.45) is 0 Å². The lowest BCUT2D eigenvalue weighted by molar-refractivity contribution is 0.582. The summed E-state index contributed by atoms with van der Waals surface area (Å²) >= 11 is 0. The zero-order valence-corrected chi connectivity index (χ0v) is 10.2. The van der Waals surface area contributed by atoms with E-state index in [1.807, 2.05) is 6.07 Å². The molecule has 0 fully saturated rings. The number of hydrogen-bond acceptors (Lipinski definition) is 3. The maximum Gasteiger partial charge on any atom is 0.240 e. The van der Waals surface area contributed by atoms with Crippen LogP contribution in [-0.4, -0.2) is 15.0 Å². The van der Waals surface area contributed by atoms with Crippen LogP contribution in [0.25, 0.3) is 0 Å². The van der Waals surface area contributed by atoms with Crippen LogP contribution in [0.1, 0.15) is 17.5 Å². The van der Waals surface area contributed by atoms with E-state index >= 15 is 0 Å². The normalized spacial score (nSPS) is 14.3. The predicted octanol–water partition coefficient (Wildman–Crippen LogP) is 0.591. The first-order valence-electron chi connectivity index (χ1n) is 5.39. The van der Waals surface area contributed by atoms with Crippen LogP contribution < -0.4 is 10.0 Å². The van der Waals surface area contributed by atoms with Gasteiger partial charge in [-0.3, -0.25) is 0 Å². The average molecular weight is 250 g/mol. The highest BCUT2D eigenvalue weighted by molar-refractivity contribution is 7.89. The molecule has 0 amide bonds. The third kappa shape index (κ3) is 2.67. The Bertz CT molecular complexity index is 558. The van der Waals surface area contributed by atoms with E-state index in [9.17, 15) is 8.42 Å². The minimum Gasteiger partial charge on any atom is -0.309 e. The molecule has 0 saturated carbocycles. The Morgan fingerprint density at radius 2 is 2.12 bits per heavy atom. The van der Waals surface area contributed by atoms with Gasteiger partial charge >= 0.3 is 0 Å². The third-order valence-corrected chi connectivity index (χ3v) is 4.14. The Kier molecular flexibility index (Phi) is 3.48. The summed E-state index contributed by atoms with van der Waals surface area (Å²) < 4.78 is 26.3. The first kappa shape index (κ1) is 12.1. The fourth-order valence-electron chi connectivity index (χ4n) is 1.78. The van der Waals surface area contributed by atoms with E-state index in [0.29, 0.717) is 11.3 Å². The van der Waals surface area contributed by atoms with Crippen LogP contribution in [0.2, 0.25) is 0 Å². The third-order valence-electron chi connectivity index (χ3n) is 2.68. The summed E-state index contributed by atoms with van der Waals surface area (Å²) in [5.74, 6) is 2.40. The molecule has 0 bridgehead atoms. The Morgan fingerprint density at radius 3 is 2.88 bits per heavy atom. The highest BCUT2D eigenvalue weighted by atomic mass is 32.2. The molecule has 0 aromatic heterocycles. The fourth-order valence-corrected chi connectivity index (χ4v) is 2.86. The van der Waals surface area contributed by atoms with E-state index in [0.717, 1.165) is 24.2 Å². The fraction of sp³-hybridized carbons (Fsp3) is 0.333. The Morgan fingerprint density at radius 1 is 1.35 bits per heavy atom. The summed E-state index contributed by atoms with van der Waals surface area (Å²) in [4.78, 5) is 0.303. The molecule has 4 nitrogen and oxygen atoms in total. The first-order chi connectivity index (χ1) is 8.13. The number of fused-ring (bicyclic) bond motifs is 1. The van der Waals surface area contributed by atoms with Crippen molar-refractivity contribution in [3.63, 3.8) is 0 Å². The second kappa shape index (κ2) is 4.88. The quantitative estimate of drug-likeness (QED) is 0.607. The minimum absolute atomic E-state index is 0.272. The molecule has 90 valence electrons. The predicted molar refractivity (Wildman–Crippen MR) is 65.6 cm³/mol. The van der Waals surface area contributed by atoms with Crippen LogP contribution in [0.5, 0.6) is 0 Å². The average Bonchev–Trinajstić information content (AvgIpc) is 2.76. The van der Waals surface area contributed by atoms with Crippen molar-refractivity contribution >= 4 is 10.0 Å². The Labute approximate surface area is 101 Å². The second-order valence-corrected chi connectivity index (χ2v) is 5.65. The zero-order chi connectivity index (χ0) is 12.3. The van der Waals surface area contributed by atoms with Gasteiger partial charge in [0.15, 0.2) is 0 Å². The molecule has 0 aliphatic carbocycles. The first-order valence-corrected chi connectivity index (χ1v) is 6.87. The van der Waals surface area contributed by atoms with Crippen LogP contribution >= 0.6 is 0 Å². The molecule has 0 atom stereocenters. The topological polar surface area (TPSA) is 58.2 Å². The van der Waals surface area contributed by atoms with Gasteiger partial charge in [-0.2, -0.15) is 0 Å². The number of nitrogens with one attached hydrogen (secondary N) is 2. The second-order valence-electron chi connectivity index (χ2n) is 3.89. The van der Waals surface area contributed by atoms with E-state index in [2.05, 4.69) is 16.0 Å². The van der Waals surface area contributed by atoms with E-state index in [1.165, 1.54) is 0 Å². The minimum atomic E-state index is -3.43. The van der Waals surface area contributed by atoms with Crippen LogP contribution in [0.15, 0.2) is 23.1 Å². The monoisotopic (exact) mass is 250 g/mol. The standard InChI is InChI=1S/C12H14N2O2S/c1-2-3-6-14-17(15,16)12-5-4-10-8-13-9-11(10)7-12/h1,4-5,7,13-14H,3,6,8-9H2. The van der Waals surface area contributed by atoms with Crippen molar-refractivity contribution in [1.29, 1.82) is 0 Å². The zero-order valence-electron chi connectivity index (χ0n) is 9.36. The van der Waals surface area contributed by atoms with Crippen molar-refractivity contribution in [3.05, 3.63) is 29.3 Å². The molecule has 2 N–H and O–H groups in total. The van der Waals surface area contributed by atoms with E-state index < -0.39 is 10.0 Å². The molecule has 1 heterocycles. The maximum absolute atomic E-state index is 11.9. The Hall–Kier alpha value is -1.35. The van der Waals surface area contributed by atoms with Gasteiger partial charge in [-0.1, -0.05) is 6.07 Å². The summed E-state index contributed by atoms with van der Waals surface area (Å²) in [6.07, 6.45) is 5.47. The van der Waals surface area contributed by atoms with Crippen molar-refractivity contribution in [2.75, 3.05) is 6.54 Å². The smallest absolute Gasteiger partial charge is 0.240 e. The highest BCUT2D eigenvalue weighted by Crippen LogP contribution is 2.19. The number of hydrogen-bond donors (Lipinski definition) is 2. The molecule has 1 aliphatic rings. The Balaban J connectivity index is 2.19. The van der Waals surface area contributed by atoms with Crippen molar-refractivity contribution in [1.82, 2.24) is 10.0 Å². The summed E-state index contributed by atoms with van der Waals surface area (Å²) in [7, 11) is -3.43. The lowest BCUT2D eigenvalue weighted by atomic mass is 10.1. The van der Waals surface area contributed by atoms with Gasteiger partial charge in [0.05, 0.1) is 4.90 Å². The molecule has 0 unspecified atom stereocenters. The van der Waals surface area contributed by atoms with E-state index in [1.54, 1.807) is 12.1 Å². The number of benzene rings is 1. The van der Waals surface area contributed by atoms with Gasteiger partial charge in [0.1, 0.15) is 0 Å². The molecule has 0 saturated heterocycles. The van der Waals surface area contributed by atoms with Gasteiger partial charge in [-0.15, -0.1) is 12.3 Å². The number of rotatable bonds is 4. The van der Waals surface area contributed by atoms with Gasteiger partial charge in [-0.05, 0) is 23.3 Å². The largest absolute Gasteiger partial charge is 0.309 e. The molecule has 2 rings (SSSR count). The lowest BCUT2D eigenvalue weighted by Crippen LogP contribution is -2.24. The van der Waals surface area contributed by atoms with Gasteiger partial charge < -0.3 is 5.32 Å². The van der Waals surface area contributed by atoms with Crippen molar-refractivity contribution in [2.45, 2.75) is 24.4 Å². The molecule has 17 heavy (non-hydrogen) atoms. The maximum atomic E-state index is 11.9. The molecular formula is C12H14N2O2S. The molecule has 1 aromatic rings.